The number of esters is 2. The van der Waals surface area contributed by atoms with E-state index in [2.05, 4.69) is 14.3 Å². The Kier molecular flexibility index (Phi) is 6.13. The summed E-state index contributed by atoms with van der Waals surface area (Å²) in [6.07, 6.45) is 1.06. The minimum atomic E-state index is -0.567. The first-order chi connectivity index (χ1) is 6.57. The van der Waals surface area contributed by atoms with Gasteiger partial charge in [-0.3, -0.25) is 4.79 Å². The molecule has 0 heterocycles. The molecule has 80 valence electrons. The molecule has 0 unspecified atom stereocenters. The number of hydrogen-bond donors (Lipinski definition) is 1. The van der Waals surface area contributed by atoms with Gasteiger partial charge in [0.15, 0.2) is 0 Å². The van der Waals surface area contributed by atoms with Crippen molar-refractivity contribution in [1.29, 1.82) is 0 Å². The fourth-order valence-corrected chi connectivity index (χ4v) is 0.584. The Morgan fingerprint density at radius 3 is 2.29 bits per heavy atom. The second-order valence-corrected chi connectivity index (χ2v) is 2.41. The van der Waals surface area contributed by atoms with Gasteiger partial charge in [0.1, 0.15) is 19.5 Å². The third-order valence-electron chi connectivity index (χ3n) is 1.19. The van der Waals surface area contributed by atoms with Crippen LogP contribution in [0, 0.1) is 0 Å². The zero-order valence-corrected chi connectivity index (χ0v) is 8.11. The third-order valence-corrected chi connectivity index (χ3v) is 1.19. The summed E-state index contributed by atoms with van der Waals surface area (Å²) in [5, 5.41) is 0. The largest absolute Gasteiger partial charge is 0.462 e. The van der Waals surface area contributed by atoms with Crippen molar-refractivity contribution in [2.75, 3.05) is 13.2 Å². The van der Waals surface area contributed by atoms with Gasteiger partial charge in [-0.15, -0.1) is 0 Å². The molecular formula is C8H13NO5. The van der Waals surface area contributed by atoms with Gasteiger partial charge in [-0.25, -0.2) is 4.79 Å². The zero-order chi connectivity index (χ0) is 11.0. The lowest BCUT2D eigenvalue weighted by Crippen LogP contribution is -2.13. The van der Waals surface area contributed by atoms with E-state index in [0.29, 0.717) is 0 Å². The lowest BCUT2D eigenvalue weighted by atomic mass is 10.3. The van der Waals surface area contributed by atoms with Gasteiger partial charge in [0.2, 0.25) is 0 Å². The van der Waals surface area contributed by atoms with Gasteiger partial charge >= 0.3 is 11.9 Å². The van der Waals surface area contributed by atoms with Crippen LogP contribution in [0.5, 0.6) is 0 Å². The second-order valence-electron chi connectivity index (χ2n) is 2.41. The number of rotatable bonds is 5. The van der Waals surface area contributed by atoms with Crippen molar-refractivity contribution < 1.29 is 23.9 Å². The van der Waals surface area contributed by atoms with Crippen molar-refractivity contribution in [3.05, 3.63) is 11.8 Å². The molecule has 0 bridgehead atoms. The molecule has 0 aromatic rings. The topological polar surface area (TPSA) is 87.8 Å². The highest BCUT2D eigenvalue weighted by atomic mass is 16.6. The van der Waals surface area contributed by atoms with E-state index in [9.17, 15) is 9.59 Å². The average molecular weight is 203 g/mol. The maximum atomic E-state index is 11.0. The Bertz CT molecular complexity index is 236. The van der Waals surface area contributed by atoms with Crippen LogP contribution < -0.4 is 5.90 Å². The van der Waals surface area contributed by atoms with Crippen LogP contribution in [0.3, 0.4) is 0 Å². The van der Waals surface area contributed by atoms with Crippen LogP contribution in [0.4, 0.5) is 0 Å². The van der Waals surface area contributed by atoms with Crippen molar-refractivity contribution >= 4 is 11.9 Å². The molecule has 0 saturated carbocycles. The van der Waals surface area contributed by atoms with E-state index in [1.165, 1.54) is 13.8 Å². The van der Waals surface area contributed by atoms with Crippen molar-refractivity contribution in [2.24, 2.45) is 5.90 Å². The smallest absolute Gasteiger partial charge is 0.337 e. The molecule has 6 heteroatoms. The van der Waals surface area contributed by atoms with E-state index in [0.717, 1.165) is 6.26 Å². The van der Waals surface area contributed by atoms with E-state index in [4.69, 9.17) is 5.90 Å². The van der Waals surface area contributed by atoms with E-state index < -0.39 is 11.9 Å². The summed E-state index contributed by atoms with van der Waals surface area (Å²) in [6, 6.07) is 0. The van der Waals surface area contributed by atoms with E-state index >= 15 is 0 Å². The molecule has 0 aromatic heterocycles. The Balaban J connectivity index is 3.64. The molecule has 0 atom stereocenters. The predicted molar refractivity (Wildman–Crippen MR) is 46.6 cm³/mol. The molecule has 0 saturated heterocycles. The van der Waals surface area contributed by atoms with E-state index in [1.807, 2.05) is 0 Å². The lowest BCUT2D eigenvalue weighted by Gasteiger charge is -2.04. The molecule has 0 radical (unpaired) electrons. The maximum Gasteiger partial charge on any atom is 0.337 e. The Labute approximate surface area is 81.6 Å². The summed E-state index contributed by atoms with van der Waals surface area (Å²) >= 11 is 0. The average Bonchev–Trinajstić information content (AvgIpc) is 2.12. The number of hydrogen-bond acceptors (Lipinski definition) is 6. The van der Waals surface area contributed by atoms with Gasteiger partial charge in [-0.05, 0) is 6.92 Å². The first-order valence-corrected chi connectivity index (χ1v) is 3.90. The molecule has 0 aliphatic heterocycles. The minimum absolute atomic E-state index is 0.00810. The number of carbonyl (C=O) groups excluding carboxylic acids is 2. The Morgan fingerprint density at radius 2 is 1.79 bits per heavy atom. The molecule has 2 N–H and O–H groups in total. The summed E-state index contributed by atoms with van der Waals surface area (Å²) in [7, 11) is 0. The van der Waals surface area contributed by atoms with Gasteiger partial charge in [0.05, 0.1) is 5.57 Å². The zero-order valence-electron chi connectivity index (χ0n) is 8.11. The first-order valence-electron chi connectivity index (χ1n) is 3.90. The molecule has 0 aliphatic carbocycles. The molecule has 14 heavy (non-hydrogen) atoms. The predicted octanol–water partition coefficient (Wildman–Crippen LogP) is -0.113. The molecule has 6 nitrogen and oxygen atoms in total. The van der Waals surface area contributed by atoms with Crippen molar-refractivity contribution in [2.45, 2.75) is 13.8 Å². The van der Waals surface area contributed by atoms with E-state index in [-0.39, 0.29) is 18.8 Å². The highest BCUT2D eigenvalue weighted by Gasteiger charge is 2.05. The SMILES string of the molecule is CC(=O)OCCOC(=O)C(C)=CON. The monoisotopic (exact) mass is 203 g/mol. The fourth-order valence-electron chi connectivity index (χ4n) is 0.584. The second kappa shape index (κ2) is 6.90. The summed E-state index contributed by atoms with van der Waals surface area (Å²) in [5.41, 5.74) is 0.232. The van der Waals surface area contributed by atoms with E-state index in [1.54, 1.807) is 0 Å². The molecule has 0 fully saturated rings. The summed E-state index contributed by atoms with van der Waals surface area (Å²) in [4.78, 5) is 25.4. The lowest BCUT2D eigenvalue weighted by molar-refractivity contribution is -0.148. The molecule has 0 rings (SSSR count). The van der Waals surface area contributed by atoms with Crippen molar-refractivity contribution in [1.82, 2.24) is 0 Å². The standard InChI is InChI=1S/C8H13NO5/c1-6(5-14-9)8(11)13-4-3-12-7(2)10/h5H,3-4,9H2,1-2H3. The normalized spacial score (nSPS) is 10.6. The molecule has 0 spiro atoms. The molecule has 0 aliphatic rings. The van der Waals surface area contributed by atoms with Crippen LogP contribution in [-0.4, -0.2) is 25.2 Å². The Hall–Kier alpha value is -1.56. The first kappa shape index (κ1) is 12.4. The van der Waals surface area contributed by atoms with Crippen molar-refractivity contribution in [3.63, 3.8) is 0 Å². The van der Waals surface area contributed by atoms with Crippen LogP contribution in [0.2, 0.25) is 0 Å². The number of carbonyl (C=O) groups is 2. The number of nitrogens with two attached hydrogens (primary N) is 1. The van der Waals surface area contributed by atoms with Gasteiger partial charge in [-0.2, -0.15) is 5.90 Å². The van der Waals surface area contributed by atoms with Gasteiger partial charge < -0.3 is 14.3 Å². The van der Waals surface area contributed by atoms with Crippen molar-refractivity contribution in [3.8, 4) is 0 Å². The van der Waals surface area contributed by atoms with Gasteiger partial charge in [0.25, 0.3) is 0 Å². The Morgan fingerprint density at radius 1 is 1.21 bits per heavy atom. The van der Waals surface area contributed by atoms with Crippen LogP contribution in [0.15, 0.2) is 11.8 Å². The van der Waals surface area contributed by atoms with Gasteiger partial charge in [-0.1, -0.05) is 0 Å². The summed E-state index contributed by atoms with van der Waals surface area (Å²) < 4.78 is 9.23. The third kappa shape index (κ3) is 6.01. The molecular weight excluding hydrogens is 190 g/mol. The summed E-state index contributed by atoms with van der Waals surface area (Å²) in [6.45, 7) is 2.81. The maximum absolute atomic E-state index is 11.0. The number of ether oxygens (including phenoxy) is 2. The van der Waals surface area contributed by atoms with Crippen LogP contribution >= 0.6 is 0 Å². The molecule has 0 amide bonds. The van der Waals surface area contributed by atoms with Gasteiger partial charge in [0, 0.05) is 6.92 Å². The molecule has 0 aromatic carbocycles. The quantitative estimate of drug-likeness (QED) is 0.220. The highest BCUT2D eigenvalue weighted by Crippen LogP contribution is 1.95. The van der Waals surface area contributed by atoms with Crippen LogP contribution in [-0.2, 0) is 23.9 Å². The van der Waals surface area contributed by atoms with Crippen LogP contribution in [0.1, 0.15) is 13.8 Å². The van der Waals surface area contributed by atoms with Crippen LogP contribution in [0.25, 0.3) is 0 Å². The summed E-state index contributed by atoms with van der Waals surface area (Å²) in [5.74, 6) is 3.72. The fraction of sp³-hybridized carbons (Fsp3) is 0.500. The minimum Gasteiger partial charge on any atom is -0.462 e. The highest BCUT2D eigenvalue weighted by molar-refractivity contribution is 5.87.